The predicted molar refractivity (Wildman–Crippen MR) is 137 cm³/mol. The van der Waals surface area contributed by atoms with Crippen LogP contribution in [0.15, 0.2) is 35.2 Å². The van der Waals surface area contributed by atoms with Crippen molar-refractivity contribution in [3.05, 3.63) is 52.8 Å². The molecule has 0 aliphatic carbocycles. The molecule has 194 valence electrons. The van der Waals surface area contributed by atoms with E-state index in [1.807, 2.05) is 36.7 Å². The fraction of sp³-hybridized carbons (Fsp3) is 0.400. The van der Waals surface area contributed by atoms with Crippen molar-refractivity contribution in [3.63, 3.8) is 0 Å². The summed E-state index contributed by atoms with van der Waals surface area (Å²) < 4.78 is 34.4. The van der Waals surface area contributed by atoms with Gasteiger partial charge >= 0.3 is 0 Å². The van der Waals surface area contributed by atoms with Gasteiger partial charge in [0.2, 0.25) is 21.8 Å². The number of hydrogen-bond donors (Lipinski definition) is 1. The Labute approximate surface area is 211 Å². The van der Waals surface area contributed by atoms with Gasteiger partial charge in [-0.15, -0.1) is 0 Å². The number of rotatable bonds is 9. The van der Waals surface area contributed by atoms with Crippen LogP contribution in [0.4, 0.5) is 0 Å². The quantitative estimate of drug-likeness (QED) is 0.466. The number of ether oxygens (including phenoxy) is 1. The van der Waals surface area contributed by atoms with E-state index in [2.05, 4.69) is 10.3 Å². The first-order chi connectivity index (χ1) is 16.8. The van der Waals surface area contributed by atoms with Crippen LogP contribution >= 0.6 is 0 Å². The lowest BCUT2D eigenvalue weighted by molar-refractivity contribution is -0.132. The summed E-state index contributed by atoms with van der Waals surface area (Å²) in [7, 11) is 2.52. The number of carbonyl (C=O) groups excluding carboxylic acids is 2. The highest BCUT2D eigenvalue weighted by Crippen LogP contribution is 2.27. The SMILES string of the molecule is COc1cc(C)c(S(=O)(=O)N(C)CC(=O)NCC(=O)N(C)Cc2ccc3c(c2)nc(C)n3C)c(C)c1. The molecule has 1 heterocycles. The number of imidazole rings is 1. The Morgan fingerprint density at radius 2 is 1.72 bits per heavy atom. The van der Waals surface area contributed by atoms with Gasteiger partial charge < -0.3 is 19.5 Å². The summed E-state index contributed by atoms with van der Waals surface area (Å²) in [6.07, 6.45) is 0. The first-order valence-electron chi connectivity index (χ1n) is 11.4. The van der Waals surface area contributed by atoms with Crippen molar-refractivity contribution in [2.24, 2.45) is 7.05 Å². The molecule has 0 unspecified atom stereocenters. The first-order valence-corrected chi connectivity index (χ1v) is 12.8. The maximum atomic E-state index is 13.1. The highest BCUT2D eigenvalue weighted by Gasteiger charge is 2.27. The molecule has 11 heteroatoms. The highest BCUT2D eigenvalue weighted by molar-refractivity contribution is 7.89. The van der Waals surface area contributed by atoms with E-state index in [1.54, 1.807) is 33.0 Å². The van der Waals surface area contributed by atoms with Crippen LogP contribution in [-0.2, 0) is 33.2 Å². The normalized spacial score (nSPS) is 11.7. The number of benzene rings is 2. The average Bonchev–Trinajstić information content (AvgIpc) is 3.09. The van der Waals surface area contributed by atoms with Crippen molar-refractivity contribution >= 4 is 32.9 Å². The topological polar surface area (TPSA) is 114 Å². The van der Waals surface area contributed by atoms with Crippen LogP contribution in [0.25, 0.3) is 11.0 Å². The molecule has 3 rings (SSSR count). The van der Waals surface area contributed by atoms with E-state index in [0.717, 1.165) is 26.7 Å². The zero-order chi connectivity index (χ0) is 26.8. The summed E-state index contributed by atoms with van der Waals surface area (Å²) in [5.41, 5.74) is 3.83. The molecule has 10 nitrogen and oxygen atoms in total. The van der Waals surface area contributed by atoms with E-state index < -0.39 is 22.5 Å². The number of likely N-dealkylation sites (N-methyl/N-ethyl adjacent to an activating group) is 2. The molecule has 0 spiro atoms. The van der Waals surface area contributed by atoms with Gasteiger partial charge in [-0.1, -0.05) is 6.07 Å². The van der Waals surface area contributed by atoms with Crippen LogP contribution in [-0.4, -0.2) is 73.3 Å². The van der Waals surface area contributed by atoms with Crippen molar-refractivity contribution in [1.82, 2.24) is 24.1 Å². The minimum Gasteiger partial charge on any atom is -0.497 e. The van der Waals surface area contributed by atoms with E-state index in [1.165, 1.54) is 19.1 Å². The number of aryl methyl sites for hydroxylation is 4. The number of fused-ring (bicyclic) bond motifs is 1. The largest absolute Gasteiger partial charge is 0.497 e. The third-order valence-electron chi connectivity index (χ3n) is 6.16. The van der Waals surface area contributed by atoms with Gasteiger partial charge in [0.05, 0.1) is 36.1 Å². The van der Waals surface area contributed by atoms with Gasteiger partial charge in [-0.2, -0.15) is 4.31 Å². The Morgan fingerprint density at radius 1 is 1.08 bits per heavy atom. The zero-order valence-corrected chi connectivity index (χ0v) is 22.6. The first kappa shape index (κ1) is 27.2. The summed E-state index contributed by atoms with van der Waals surface area (Å²) >= 11 is 0. The molecule has 0 saturated heterocycles. The van der Waals surface area contributed by atoms with Crippen LogP contribution in [0.2, 0.25) is 0 Å². The Hall–Kier alpha value is -3.44. The highest BCUT2D eigenvalue weighted by atomic mass is 32.2. The zero-order valence-electron chi connectivity index (χ0n) is 21.7. The van der Waals surface area contributed by atoms with Crippen molar-refractivity contribution in [2.45, 2.75) is 32.2 Å². The second-order valence-electron chi connectivity index (χ2n) is 8.92. The standard InChI is InChI=1S/C25H33N5O5S/c1-16-10-20(35-7)11-17(2)25(16)36(33,34)29(5)15-23(31)26-13-24(32)28(4)14-19-8-9-22-21(12-19)27-18(3)30(22)6/h8-12H,13-15H2,1-7H3,(H,26,31). The number of nitrogens with zero attached hydrogens (tertiary/aromatic N) is 4. The number of hydrogen-bond acceptors (Lipinski definition) is 6. The second kappa shape index (κ2) is 10.7. The molecule has 2 amide bonds. The van der Waals surface area contributed by atoms with Crippen LogP contribution in [0.5, 0.6) is 5.75 Å². The Bertz CT molecular complexity index is 1390. The van der Waals surface area contributed by atoms with Gasteiger partial charge in [-0.25, -0.2) is 13.4 Å². The maximum Gasteiger partial charge on any atom is 0.243 e. The number of sulfonamides is 1. The molecule has 0 aliphatic rings. The second-order valence-corrected chi connectivity index (χ2v) is 10.9. The monoisotopic (exact) mass is 515 g/mol. The van der Waals surface area contributed by atoms with Gasteiger partial charge in [0, 0.05) is 27.7 Å². The van der Waals surface area contributed by atoms with E-state index >= 15 is 0 Å². The van der Waals surface area contributed by atoms with Crippen LogP contribution < -0.4 is 10.1 Å². The lowest BCUT2D eigenvalue weighted by Gasteiger charge is -2.21. The van der Waals surface area contributed by atoms with E-state index in [0.29, 0.717) is 23.4 Å². The van der Waals surface area contributed by atoms with Gasteiger partial charge in [0.15, 0.2) is 0 Å². The predicted octanol–water partition coefficient (Wildman–Crippen LogP) is 1.90. The van der Waals surface area contributed by atoms with Crippen molar-refractivity contribution in [3.8, 4) is 5.75 Å². The lowest BCUT2D eigenvalue weighted by atomic mass is 10.1. The summed E-state index contributed by atoms with van der Waals surface area (Å²) in [4.78, 5) is 31.2. The summed E-state index contributed by atoms with van der Waals surface area (Å²) in [6, 6.07) is 9.11. The molecule has 0 fully saturated rings. The molecule has 0 atom stereocenters. The molecule has 36 heavy (non-hydrogen) atoms. The molecule has 3 aromatic rings. The Kier molecular flexibility index (Phi) is 8.05. The fourth-order valence-corrected chi connectivity index (χ4v) is 5.60. The van der Waals surface area contributed by atoms with Crippen LogP contribution in [0.1, 0.15) is 22.5 Å². The number of aromatic nitrogens is 2. The average molecular weight is 516 g/mol. The Morgan fingerprint density at radius 3 is 2.33 bits per heavy atom. The van der Waals surface area contributed by atoms with Gasteiger partial charge in [-0.3, -0.25) is 9.59 Å². The Balaban J connectivity index is 1.58. The van der Waals surface area contributed by atoms with Crippen LogP contribution in [0, 0.1) is 20.8 Å². The smallest absolute Gasteiger partial charge is 0.243 e. The molecule has 0 aliphatic heterocycles. The van der Waals surface area contributed by atoms with Gasteiger partial charge in [0.25, 0.3) is 0 Å². The molecule has 1 aromatic heterocycles. The molecule has 0 bridgehead atoms. The molecular formula is C25H33N5O5S. The lowest BCUT2D eigenvalue weighted by Crippen LogP contribution is -2.43. The van der Waals surface area contributed by atoms with Gasteiger partial charge in [0.1, 0.15) is 11.6 Å². The van der Waals surface area contributed by atoms with Crippen molar-refractivity contribution < 1.29 is 22.7 Å². The van der Waals surface area contributed by atoms with E-state index in [9.17, 15) is 18.0 Å². The maximum absolute atomic E-state index is 13.1. The summed E-state index contributed by atoms with van der Waals surface area (Å²) in [5.74, 6) is 0.589. The fourth-order valence-electron chi connectivity index (χ4n) is 4.07. The summed E-state index contributed by atoms with van der Waals surface area (Å²) in [6.45, 7) is 4.98. The number of methoxy groups -OCH3 is 1. The minimum atomic E-state index is -3.92. The van der Waals surface area contributed by atoms with Crippen molar-refractivity contribution in [2.75, 3.05) is 34.3 Å². The van der Waals surface area contributed by atoms with E-state index in [4.69, 9.17) is 4.74 Å². The van der Waals surface area contributed by atoms with E-state index in [-0.39, 0.29) is 17.3 Å². The van der Waals surface area contributed by atoms with Crippen LogP contribution in [0.3, 0.4) is 0 Å². The molecule has 1 N–H and O–H groups in total. The third-order valence-corrected chi connectivity index (χ3v) is 8.26. The van der Waals surface area contributed by atoms with Gasteiger partial charge in [-0.05, 0) is 61.7 Å². The number of carbonyl (C=O) groups is 2. The number of nitrogens with one attached hydrogen (secondary N) is 1. The number of amides is 2. The molecule has 2 aromatic carbocycles. The minimum absolute atomic E-state index is 0.134. The van der Waals surface area contributed by atoms with Crippen molar-refractivity contribution in [1.29, 1.82) is 0 Å². The molecule has 0 radical (unpaired) electrons. The summed E-state index contributed by atoms with van der Waals surface area (Å²) in [5, 5.41) is 2.52. The molecular weight excluding hydrogens is 482 g/mol. The molecule has 0 saturated carbocycles. The third kappa shape index (κ3) is 5.68.